The number of fused-ring (bicyclic) bond motifs is 1. The molecule has 1 saturated carbocycles. The molecule has 0 radical (unpaired) electrons. The average molecular weight is 380 g/mol. The Morgan fingerprint density at radius 1 is 1.21 bits per heavy atom. The smallest absolute Gasteiger partial charge is 0.237 e. The molecule has 148 valence electrons. The predicted octanol–water partition coefficient (Wildman–Crippen LogP) is 3.26. The number of nitrogens with one attached hydrogen (secondary N) is 1. The molecule has 0 atom stereocenters. The second-order valence-electron chi connectivity index (χ2n) is 9.23. The maximum absolute atomic E-state index is 13.4. The van der Waals surface area contributed by atoms with E-state index in [4.69, 9.17) is 0 Å². The summed E-state index contributed by atoms with van der Waals surface area (Å²) in [5.41, 5.74) is 2.74. The highest BCUT2D eigenvalue weighted by molar-refractivity contribution is 6.10. The van der Waals surface area contributed by atoms with Crippen molar-refractivity contribution < 1.29 is 9.90 Å². The van der Waals surface area contributed by atoms with Crippen LogP contribution < -0.4 is 10.2 Å². The minimum atomic E-state index is -0.722. The number of aromatic nitrogens is 1. The average Bonchev–Trinajstić information content (AvgIpc) is 2.81. The van der Waals surface area contributed by atoms with Crippen molar-refractivity contribution in [3.05, 3.63) is 48.2 Å². The van der Waals surface area contributed by atoms with E-state index in [1.54, 1.807) is 20.0 Å². The quantitative estimate of drug-likeness (QED) is 0.837. The monoisotopic (exact) mass is 379 g/mol. The van der Waals surface area contributed by atoms with E-state index in [-0.39, 0.29) is 11.9 Å². The number of benzene rings is 1. The molecule has 2 heterocycles. The number of carbonyl (C=O) groups excluding carboxylic acids is 1. The van der Waals surface area contributed by atoms with Gasteiger partial charge < -0.3 is 15.3 Å². The van der Waals surface area contributed by atoms with Crippen molar-refractivity contribution in [3.8, 4) is 11.3 Å². The summed E-state index contributed by atoms with van der Waals surface area (Å²) < 4.78 is 0. The highest BCUT2D eigenvalue weighted by Gasteiger charge is 2.50. The first kappa shape index (κ1) is 19.1. The van der Waals surface area contributed by atoms with Crippen molar-refractivity contribution in [2.45, 2.75) is 63.6 Å². The number of nitrogens with zero attached hydrogens (tertiary/aromatic N) is 2. The van der Waals surface area contributed by atoms with Crippen molar-refractivity contribution in [3.63, 3.8) is 0 Å². The number of rotatable bonds is 5. The van der Waals surface area contributed by atoms with Gasteiger partial charge in [0.1, 0.15) is 0 Å². The van der Waals surface area contributed by atoms with Gasteiger partial charge in [-0.05, 0) is 58.7 Å². The first-order valence-corrected chi connectivity index (χ1v) is 10.0. The van der Waals surface area contributed by atoms with E-state index in [1.165, 1.54) is 0 Å². The van der Waals surface area contributed by atoms with Crippen LogP contribution in [0.25, 0.3) is 11.3 Å². The number of carbonyl (C=O) groups is 1. The minimum absolute atomic E-state index is 0.164. The second-order valence-corrected chi connectivity index (χ2v) is 9.23. The zero-order valence-electron chi connectivity index (χ0n) is 17.1. The van der Waals surface area contributed by atoms with Gasteiger partial charge in [-0.3, -0.25) is 9.78 Å². The third kappa shape index (κ3) is 3.23. The van der Waals surface area contributed by atoms with E-state index in [0.29, 0.717) is 12.6 Å². The van der Waals surface area contributed by atoms with Gasteiger partial charge in [0.15, 0.2) is 0 Å². The topological polar surface area (TPSA) is 65.5 Å². The molecule has 5 heteroatoms. The fraction of sp³-hybridized carbons (Fsp3) is 0.478. The van der Waals surface area contributed by atoms with Crippen LogP contribution >= 0.6 is 0 Å². The maximum atomic E-state index is 13.4. The molecule has 1 fully saturated rings. The number of amides is 1. The summed E-state index contributed by atoms with van der Waals surface area (Å²) in [6, 6.07) is 12.6. The molecule has 1 amide bonds. The van der Waals surface area contributed by atoms with Crippen molar-refractivity contribution in [2.75, 3.05) is 11.4 Å². The number of hydrogen-bond acceptors (Lipinski definition) is 4. The normalized spacial score (nSPS) is 23.5. The summed E-state index contributed by atoms with van der Waals surface area (Å²) in [6.45, 7) is 8.20. The number of pyridine rings is 1. The van der Waals surface area contributed by atoms with E-state index >= 15 is 0 Å². The summed E-state index contributed by atoms with van der Waals surface area (Å²) in [5, 5.41) is 13.3. The zero-order chi connectivity index (χ0) is 20.1. The van der Waals surface area contributed by atoms with Crippen LogP contribution in [0.1, 0.15) is 46.1 Å². The molecular weight excluding hydrogens is 350 g/mol. The van der Waals surface area contributed by atoms with Gasteiger partial charge in [0.05, 0.1) is 16.7 Å². The number of hydrogen-bond donors (Lipinski definition) is 2. The van der Waals surface area contributed by atoms with E-state index in [9.17, 15) is 9.90 Å². The Morgan fingerprint density at radius 2 is 1.96 bits per heavy atom. The Morgan fingerprint density at radius 3 is 2.61 bits per heavy atom. The number of aliphatic hydroxyl groups is 1. The SMILES string of the molecule is CC(C)(O)CNC1CC(N2C(=O)C(C)(C)c3c(-c4ccccn4)cccc32)C1. The summed E-state index contributed by atoms with van der Waals surface area (Å²) >= 11 is 0. The van der Waals surface area contributed by atoms with E-state index in [0.717, 1.165) is 35.3 Å². The molecule has 1 aromatic carbocycles. The summed E-state index contributed by atoms with van der Waals surface area (Å²) in [4.78, 5) is 19.9. The van der Waals surface area contributed by atoms with Crippen LogP contribution in [0, 0.1) is 0 Å². The molecule has 0 unspecified atom stereocenters. The molecule has 1 aromatic heterocycles. The lowest BCUT2D eigenvalue weighted by Gasteiger charge is -2.43. The van der Waals surface area contributed by atoms with Crippen molar-refractivity contribution in [2.24, 2.45) is 0 Å². The Kier molecular flexibility index (Phi) is 4.55. The van der Waals surface area contributed by atoms with Crippen LogP contribution in [-0.4, -0.2) is 40.2 Å². The minimum Gasteiger partial charge on any atom is -0.389 e. The number of anilines is 1. The van der Waals surface area contributed by atoms with Crippen molar-refractivity contribution in [1.82, 2.24) is 10.3 Å². The molecule has 5 nitrogen and oxygen atoms in total. The van der Waals surface area contributed by atoms with Crippen LogP contribution in [0.3, 0.4) is 0 Å². The lowest BCUT2D eigenvalue weighted by Crippen LogP contribution is -2.56. The Labute approximate surface area is 166 Å². The van der Waals surface area contributed by atoms with Gasteiger partial charge in [-0.15, -0.1) is 0 Å². The first-order chi connectivity index (χ1) is 13.2. The molecular formula is C23H29N3O2. The first-order valence-electron chi connectivity index (χ1n) is 10.0. The van der Waals surface area contributed by atoms with Gasteiger partial charge in [0.2, 0.25) is 5.91 Å². The molecule has 0 spiro atoms. The summed E-state index contributed by atoms with van der Waals surface area (Å²) in [7, 11) is 0. The second kappa shape index (κ2) is 6.68. The van der Waals surface area contributed by atoms with Gasteiger partial charge in [-0.2, -0.15) is 0 Å². The largest absolute Gasteiger partial charge is 0.389 e. The zero-order valence-corrected chi connectivity index (χ0v) is 17.1. The van der Waals surface area contributed by atoms with Crippen molar-refractivity contribution >= 4 is 11.6 Å². The van der Waals surface area contributed by atoms with Crippen LogP contribution in [0.2, 0.25) is 0 Å². The Balaban J connectivity index is 1.61. The Bertz CT molecular complexity index is 880. The highest BCUT2D eigenvalue weighted by atomic mass is 16.3. The van der Waals surface area contributed by atoms with Crippen LogP contribution in [0.15, 0.2) is 42.6 Å². The fourth-order valence-corrected chi connectivity index (χ4v) is 4.37. The molecule has 28 heavy (non-hydrogen) atoms. The van der Waals surface area contributed by atoms with Gasteiger partial charge in [0.25, 0.3) is 0 Å². The van der Waals surface area contributed by atoms with Gasteiger partial charge in [-0.1, -0.05) is 18.2 Å². The van der Waals surface area contributed by atoms with E-state index in [2.05, 4.69) is 22.4 Å². The van der Waals surface area contributed by atoms with Gasteiger partial charge in [-0.25, -0.2) is 0 Å². The standard InChI is InChI=1S/C23H29N3O2/c1-22(2,28)14-25-15-12-16(13-15)26-19-10-7-8-17(18-9-5-6-11-24-18)20(19)23(3,4)21(26)27/h5-11,15-16,25,28H,12-14H2,1-4H3. The molecule has 2 aliphatic rings. The van der Waals surface area contributed by atoms with Gasteiger partial charge >= 0.3 is 0 Å². The van der Waals surface area contributed by atoms with E-state index in [1.807, 2.05) is 43.0 Å². The molecule has 2 aromatic rings. The van der Waals surface area contributed by atoms with Crippen LogP contribution in [0.5, 0.6) is 0 Å². The molecule has 0 bridgehead atoms. The Hall–Kier alpha value is -2.24. The van der Waals surface area contributed by atoms with Crippen LogP contribution in [0.4, 0.5) is 5.69 Å². The van der Waals surface area contributed by atoms with Crippen molar-refractivity contribution in [1.29, 1.82) is 0 Å². The molecule has 4 rings (SSSR count). The third-order valence-corrected chi connectivity index (χ3v) is 5.92. The predicted molar refractivity (Wildman–Crippen MR) is 111 cm³/mol. The molecule has 0 saturated heterocycles. The van der Waals surface area contributed by atoms with E-state index < -0.39 is 11.0 Å². The molecule has 1 aliphatic carbocycles. The lowest BCUT2D eigenvalue weighted by atomic mass is 9.82. The van der Waals surface area contributed by atoms with Gasteiger partial charge in [0, 0.05) is 41.6 Å². The fourth-order valence-electron chi connectivity index (χ4n) is 4.37. The summed E-state index contributed by atoms with van der Waals surface area (Å²) in [6.07, 6.45) is 3.61. The molecule has 1 aliphatic heterocycles. The third-order valence-electron chi connectivity index (χ3n) is 5.92. The summed E-state index contributed by atoms with van der Waals surface area (Å²) in [5.74, 6) is 0.164. The highest BCUT2D eigenvalue weighted by Crippen LogP contribution is 2.49. The van der Waals surface area contributed by atoms with Crippen LogP contribution in [-0.2, 0) is 10.2 Å². The lowest BCUT2D eigenvalue weighted by molar-refractivity contribution is -0.123. The molecule has 2 N–H and O–H groups in total. The maximum Gasteiger partial charge on any atom is 0.237 e.